The number of hydrogen-bond donors (Lipinski definition) is 1. The molecular weight excluding hydrogens is 500 g/mol. The summed E-state index contributed by atoms with van der Waals surface area (Å²) < 4.78 is 44.4. The van der Waals surface area contributed by atoms with Gasteiger partial charge in [-0.05, 0) is 52.2 Å². The highest BCUT2D eigenvalue weighted by molar-refractivity contribution is 6.37. The molecule has 0 saturated carbocycles. The van der Waals surface area contributed by atoms with Crippen LogP contribution in [0.15, 0.2) is 84.0 Å². The van der Waals surface area contributed by atoms with Crippen LogP contribution in [0.25, 0.3) is 10.8 Å². The molecule has 0 bridgehead atoms. The maximum atomic E-state index is 12.8. The summed E-state index contributed by atoms with van der Waals surface area (Å²) >= 11 is 12.7. The van der Waals surface area contributed by atoms with Gasteiger partial charge in [-0.3, -0.25) is 4.79 Å². The molecule has 4 aromatic carbocycles. The Morgan fingerprint density at radius 1 is 0.943 bits per heavy atom. The summed E-state index contributed by atoms with van der Waals surface area (Å²) in [5.41, 5.74) is 2.52. The van der Waals surface area contributed by atoms with Crippen LogP contribution in [0.5, 0.6) is 5.75 Å². The van der Waals surface area contributed by atoms with Gasteiger partial charge in [0.2, 0.25) is 0 Å². The predicted octanol–water partition coefficient (Wildman–Crippen LogP) is 7.51. The van der Waals surface area contributed by atoms with Crippen molar-refractivity contribution >= 4 is 46.1 Å². The van der Waals surface area contributed by atoms with Crippen molar-refractivity contribution < 1.29 is 22.7 Å². The van der Waals surface area contributed by atoms with Crippen LogP contribution in [0, 0.1) is 0 Å². The van der Waals surface area contributed by atoms with E-state index in [2.05, 4.69) is 10.5 Å². The number of rotatable bonds is 6. The average Bonchev–Trinajstić information content (AvgIpc) is 2.83. The molecule has 35 heavy (non-hydrogen) atoms. The van der Waals surface area contributed by atoms with Crippen LogP contribution in [-0.4, -0.2) is 12.1 Å². The Morgan fingerprint density at radius 3 is 2.37 bits per heavy atom. The number of alkyl halides is 3. The molecule has 1 amide bonds. The minimum atomic E-state index is -4.55. The molecule has 0 saturated heterocycles. The number of nitrogens with zero attached hydrogens (tertiary/aromatic N) is 1. The van der Waals surface area contributed by atoms with Gasteiger partial charge in [-0.2, -0.15) is 18.3 Å². The van der Waals surface area contributed by atoms with Gasteiger partial charge in [-0.15, -0.1) is 0 Å². The number of amides is 1. The molecule has 0 radical (unpaired) electrons. The molecular formula is C26H17Cl2F3N2O2. The van der Waals surface area contributed by atoms with Gasteiger partial charge < -0.3 is 4.74 Å². The standard InChI is InChI=1S/C26H17Cl2F3N2O2/c27-22-11-16(14-32-33-25(34)18-7-4-9-20(13-18)26(29,30)31)12-23(28)24(22)35-15-19-8-3-6-17-5-1-2-10-21(17)19/h1-14H,15H2,(H,33,34)/b32-14-. The minimum Gasteiger partial charge on any atom is -0.486 e. The highest BCUT2D eigenvalue weighted by Crippen LogP contribution is 2.35. The molecule has 0 aliphatic carbocycles. The first kappa shape index (κ1) is 24.6. The second-order valence-electron chi connectivity index (χ2n) is 7.52. The van der Waals surface area contributed by atoms with Crippen LogP contribution < -0.4 is 10.2 Å². The normalized spacial score (nSPS) is 11.7. The molecule has 0 aliphatic rings. The van der Waals surface area contributed by atoms with Crippen molar-refractivity contribution in [3.05, 3.63) is 111 Å². The average molecular weight is 517 g/mol. The molecule has 0 heterocycles. The summed E-state index contributed by atoms with van der Waals surface area (Å²) in [6, 6.07) is 21.0. The van der Waals surface area contributed by atoms with Crippen molar-refractivity contribution in [1.29, 1.82) is 0 Å². The first-order valence-corrected chi connectivity index (χ1v) is 11.1. The van der Waals surface area contributed by atoms with Gasteiger partial charge in [-0.1, -0.05) is 71.7 Å². The third-order valence-corrected chi connectivity index (χ3v) is 5.67. The number of halogens is 5. The topological polar surface area (TPSA) is 50.7 Å². The third kappa shape index (κ3) is 5.93. The lowest BCUT2D eigenvalue weighted by Crippen LogP contribution is -2.18. The van der Waals surface area contributed by atoms with Gasteiger partial charge in [-0.25, -0.2) is 5.43 Å². The number of carbonyl (C=O) groups excluding carboxylic acids is 1. The summed E-state index contributed by atoms with van der Waals surface area (Å²) in [5.74, 6) is -0.494. The number of fused-ring (bicyclic) bond motifs is 1. The first-order chi connectivity index (χ1) is 16.7. The minimum absolute atomic E-state index is 0.176. The number of benzene rings is 4. The number of ether oxygens (including phenoxy) is 1. The molecule has 0 fully saturated rings. The molecule has 9 heteroatoms. The molecule has 4 aromatic rings. The highest BCUT2D eigenvalue weighted by atomic mass is 35.5. The van der Waals surface area contributed by atoms with Crippen molar-refractivity contribution in [2.24, 2.45) is 5.10 Å². The van der Waals surface area contributed by atoms with E-state index in [0.717, 1.165) is 34.5 Å². The zero-order chi connectivity index (χ0) is 25.0. The molecule has 0 unspecified atom stereocenters. The second kappa shape index (κ2) is 10.4. The molecule has 4 nitrogen and oxygen atoms in total. The third-order valence-electron chi connectivity index (χ3n) is 5.10. The number of hydrogen-bond acceptors (Lipinski definition) is 3. The van der Waals surface area contributed by atoms with Gasteiger partial charge in [0.15, 0.2) is 5.75 Å². The van der Waals surface area contributed by atoms with Crippen molar-refractivity contribution in [3.63, 3.8) is 0 Å². The predicted molar refractivity (Wildman–Crippen MR) is 131 cm³/mol. The van der Waals surface area contributed by atoms with E-state index in [1.807, 2.05) is 42.5 Å². The van der Waals surface area contributed by atoms with Gasteiger partial charge >= 0.3 is 6.18 Å². The Labute approximate surface area is 208 Å². The number of carbonyl (C=O) groups is 1. The van der Waals surface area contributed by atoms with Gasteiger partial charge in [0.25, 0.3) is 5.91 Å². The molecule has 0 aromatic heterocycles. The van der Waals surface area contributed by atoms with Crippen LogP contribution in [0.1, 0.15) is 27.0 Å². The lowest BCUT2D eigenvalue weighted by atomic mass is 10.1. The molecule has 178 valence electrons. The van der Waals surface area contributed by atoms with Crippen LogP contribution in [0.3, 0.4) is 0 Å². The lowest BCUT2D eigenvalue weighted by Gasteiger charge is -2.12. The van der Waals surface area contributed by atoms with E-state index < -0.39 is 17.6 Å². The Morgan fingerprint density at radius 2 is 1.63 bits per heavy atom. The zero-order valence-electron chi connectivity index (χ0n) is 17.9. The van der Waals surface area contributed by atoms with Gasteiger partial charge in [0.1, 0.15) is 6.61 Å². The zero-order valence-corrected chi connectivity index (χ0v) is 19.5. The first-order valence-electron chi connectivity index (χ1n) is 10.3. The Balaban J connectivity index is 1.43. The SMILES string of the molecule is O=C(N/N=C\c1cc(Cl)c(OCc2cccc3ccccc23)c(Cl)c1)c1cccc(C(F)(F)F)c1. The molecule has 1 N–H and O–H groups in total. The van der Waals surface area contributed by atoms with E-state index in [4.69, 9.17) is 27.9 Å². The fraction of sp³-hybridized carbons (Fsp3) is 0.0769. The Bertz CT molecular complexity index is 1390. The van der Waals surface area contributed by atoms with E-state index in [1.165, 1.54) is 12.3 Å². The maximum absolute atomic E-state index is 12.8. The highest BCUT2D eigenvalue weighted by Gasteiger charge is 2.30. The lowest BCUT2D eigenvalue weighted by molar-refractivity contribution is -0.137. The van der Waals surface area contributed by atoms with Crippen LogP contribution in [-0.2, 0) is 12.8 Å². The Kier molecular flexibility index (Phi) is 7.28. The summed E-state index contributed by atoms with van der Waals surface area (Å²) in [5, 5.41) is 6.41. The summed E-state index contributed by atoms with van der Waals surface area (Å²) in [4.78, 5) is 12.2. The van der Waals surface area contributed by atoms with E-state index >= 15 is 0 Å². The smallest absolute Gasteiger partial charge is 0.416 e. The van der Waals surface area contributed by atoms with Crippen molar-refractivity contribution in [1.82, 2.24) is 5.43 Å². The van der Waals surface area contributed by atoms with Gasteiger partial charge in [0, 0.05) is 5.56 Å². The van der Waals surface area contributed by atoms with Crippen LogP contribution >= 0.6 is 23.2 Å². The fourth-order valence-corrected chi connectivity index (χ4v) is 4.04. The van der Waals surface area contributed by atoms with Crippen molar-refractivity contribution in [2.75, 3.05) is 0 Å². The largest absolute Gasteiger partial charge is 0.486 e. The molecule has 0 aliphatic heterocycles. The maximum Gasteiger partial charge on any atom is 0.416 e. The van der Waals surface area contributed by atoms with E-state index in [9.17, 15) is 18.0 Å². The van der Waals surface area contributed by atoms with Gasteiger partial charge in [0.05, 0.1) is 21.8 Å². The van der Waals surface area contributed by atoms with Crippen molar-refractivity contribution in [3.8, 4) is 5.75 Å². The fourth-order valence-electron chi connectivity index (χ4n) is 3.43. The monoisotopic (exact) mass is 516 g/mol. The number of nitrogens with one attached hydrogen (secondary N) is 1. The second-order valence-corrected chi connectivity index (χ2v) is 8.33. The van der Waals surface area contributed by atoms with E-state index in [0.29, 0.717) is 11.3 Å². The van der Waals surface area contributed by atoms with Crippen LogP contribution in [0.2, 0.25) is 10.0 Å². The molecule has 4 rings (SSSR count). The summed E-state index contributed by atoms with van der Waals surface area (Å²) in [6.45, 7) is 0.251. The van der Waals surface area contributed by atoms with Crippen molar-refractivity contribution in [2.45, 2.75) is 12.8 Å². The van der Waals surface area contributed by atoms with Crippen LogP contribution in [0.4, 0.5) is 13.2 Å². The summed E-state index contributed by atoms with van der Waals surface area (Å²) in [6.07, 6.45) is -3.28. The molecule has 0 spiro atoms. The molecule has 0 atom stereocenters. The number of hydrazone groups is 1. The Hall–Kier alpha value is -3.55. The summed E-state index contributed by atoms with van der Waals surface area (Å²) in [7, 11) is 0. The quantitative estimate of drug-likeness (QED) is 0.213. The van der Waals surface area contributed by atoms with E-state index in [-0.39, 0.29) is 22.2 Å². The van der Waals surface area contributed by atoms with E-state index in [1.54, 1.807) is 12.1 Å².